The van der Waals surface area contributed by atoms with Gasteiger partial charge in [0.25, 0.3) is 0 Å². The number of halogens is 1. The first kappa shape index (κ1) is 24.3. The fraction of sp³-hybridized carbons (Fsp3) is 0.185. The molecule has 0 radical (unpaired) electrons. The molecule has 4 aromatic rings. The van der Waals surface area contributed by atoms with Crippen LogP contribution in [-0.4, -0.2) is 29.8 Å². The van der Waals surface area contributed by atoms with Crippen molar-refractivity contribution in [3.05, 3.63) is 88.1 Å². The highest BCUT2D eigenvalue weighted by Gasteiger charge is 2.21. The number of nitrogens with two attached hydrogens (primary N) is 2. The molecule has 0 saturated heterocycles. The normalized spacial score (nSPS) is 12.6. The Bertz CT molecular complexity index is 1500. The number of ether oxygens (including phenoxy) is 4. The van der Waals surface area contributed by atoms with Crippen LogP contribution in [0.25, 0.3) is 10.9 Å². The highest BCUT2D eigenvalue weighted by molar-refractivity contribution is 6.31. The SMILES string of the molecule is CCOC(=O)c1cc2cc(OCc3ccc(/C(N)=N/N)cc3)ccc2n1Cc1cc2c(cc1Cl)OCO2. The van der Waals surface area contributed by atoms with E-state index in [1.54, 1.807) is 19.1 Å². The zero-order valence-corrected chi connectivity index (χ0v) is 20.8. The molecule has 37 heavy (non-hydrogen) atoms. The lowest BCUT2D eigenvalue weighted by Crippen LogP contribution is -2.15. The van der Waals surface area contributed by atoms with E-state index in [1.807, 2.05) is 53.1 Å². The van der Waals surface area contributed by atoms with Gasteiger partial charge in [0.05, 0.1) is 13.2 Å². The molecule has 9 nitrogen and oxygen atoms in total. The van der Waals surface area contributed by atoms with E-state index in [4.69, 9.17) is 42.1 Å². The van der Waals surface area contributed by atoms with Gasteiger partial charge in [-0.15, -0.1) is 0 Å². The average Bonchev–Trinajstić information content (AvgIpc) is 3.51. The van der Waals surface area contributed by atoms with Crippen molar-refractivity contribution in [2.75, 3.05) is 13.4 Å². The minimum absolute atomic E-state index is 0.151. The topological polar surface area (TPSA) is 123 Å². The molecule has 1 aliphatic heterocycles. The first-order chi connectivity index (χ1) is 18.0. The number of aromatic nitrogens is 1. The van der Waals surface area contributed by atoms with E-state index in [-0.39, 0.29) is 19.2 Å². The van der Waals surface area contributed by atoms with Crippen molar-refractivity contribution in [1.82, 2.24) is 4.57 Å². The zero-order valence-electron chi connectivity index (χ0n) is 20.1. The van der Waals surface area contributed by atoms with E-state index in [9.17, 15) is 4.79 Å². The second kappa shape index (κ2) is 10.3. The summed E-state index contributed by atoms with van der Waals surface area (Å²) in [6, 6.07) is 18.5. The molecular weight excluding hydrogens is 496 g/mol. The van der Waals surface area contributed by atoms with Crippen LogP contribution in [0.4, 0.5) is 0 Å². The summed E-state index contributed by atoms with van der Waals surface area (Å²) < 4.78 is 24.1. The number of carbonyl (C=O) groups is 1. The quantitative estimate of drug-likeness (QED) is 0.116. The third-order valence-electron chi connectivity index (χ3n) is 6.02. The molecule has 0 atom stereocenters. The molecule has 0 bridgehead atoms. The monoisotopic (exact) mass is 520 g/mol. The van der Waals surface area contributed by atoms with Crippen LogP contribution in [0.5, 0.6) is 17.2 Å². The maximum atomic E-state index is 12.8. The van der Waals surface area contributed by atoms with Gasteiger partial charge in [-0.05, 0) is 48.4 Å². The van der Waals surface area contributed by atoms with E-state index >= 15 is 0 Å². The van der Waals surface area contributed by atoms with Crippen LogP contribution in [0, 0.1) is 0 Å². The van der Waals surface area contributed by atoms with Gasteiger partial charge in [-0.2, -0.15) is 5.10 Å². The van der Waals surface area contributed by atoms with Crippen LogP contribution in [0.15, 0.2) is 65.8 Å². The summed E-state index contributed by atoms with van der Waals surface area (Å²) in [6.07, 6.45) is 0. The largest absolute Gasteiger partial charge is 0.489 e. The number of fused-ring (bicyclic) bond motifs is 2. The number of nitrogens with zero attached hydrogens (tertiary/aromatic N) is 2. The van der Waals surface area contributed by atoms with Crippen LogP contribution in [-0.2, 0) is 17.9 Å². The molecule has 0 aliphatic carbocycles. The molecule has 1 aromatic heterocycles. The maximum Gasteiger partial charge on any atom is 0.354 e. The smallest absolute Gasteiger partial charge is 0.354 e. The maximum absolute atomic E-state index is 12.8. The van der Waals surface area contributed by atoms with Crippen molar-refractivity contribution >= 4 is 34.3 Å². The molecule has 3 aromatic carbocycles. The van der Waals surface area contributed by atoms with Gasteiger partial charge in [-0.3, -0.25) is 0 Å². The molecule has 10 heteroatoms. The third-order valence-corrected chi connectivity index (χ3v) is 6.37. The van der Waals surface area contributed by atoms with E-state index in [1.165, 1.54) is 0 Å². The third kappa shape index (κ3) is 4.99. The highest BCUT2D eigenvalue weighted by Crippen LogP contribution is 2.38. The van der Waals surface area contributed by atoms with Crippen LogP contribution >= 0.6 is 11.6 Å². The number of esters is 1. The summed E-state index contributed by atoms with van der Waals surface area (Å²) in [5.41, 5.74) is 9.47. The molecule has 1 aliphatic rings. The lowest BCUT2D eigenvalue weighted by atomic mass is 10.1. The van der Waals surface area contributed by atoms with E-state index in [0.29, 0.717) is 41.1 Å². The second-order valence-electron chi connectivity index (χ2n) is 8.35. The Morgan fingerprint density at radius 2 is 1.84 bits per heavy atom. The molecule has 0 spiro atoms. The molecule has 4 N–H and O–H groups in total. The number of rotatable bonds is 8. The van der Waals surface area contributed by atoms with Gasteiger partial charge in [-0.1, -0.05) is 35.9 Å². The molecule has 2 heterocycles. The van der Waals surface area contributed by atoms with E-state index in [0.717, 1.165) is 27.6 Å². The Balaban J connectivity index is 1.42. The van der Waals surface area contributed by atoms with Gasteiger partial charge >= 0.3 is 5.97 Å². The van der Waals surface area contributed by atoms with Crippen molar-refractivity contribution in [2.45, 2.75) is 20.1 Å². The van der Waals surface area contributed by atoms with Gasteiger partial charge in [0, 0.05) is 27.6 Å². The standard InChI is InChI=1S/C27H25ClN4O5/c1-2-34-27(33)23-10-18-9-20(35-14-16-3-5-17(6-4-16)26(29)31-30)7-8-22(18)32(23)13-19-11-24-25(12-21(19)28)37-15-36-24/h3-12H,2,13-15,30H2,1H3,(H2,29,31). The molecule has 0 saturated carbocycles. The molecule has 0 unspecified atom stereocenters. The minimum Gasteiger partial charge on any atom is -0.489 e. The van der Waals surface area contributed by atoms with Crippen LogP contribution in [0.2, 0.25) is 5.02 Å². The fourth-order valence-corrected chi connectivity index (χ4v) is 4.36. The van der Waals surface area contributed by atoms with Crippen molar-refractivity contribution in [2.24, 2.45) is 16.7 Å². The van der Waals surface area contributed by atoms with Crippen molar-refractivity contribution in [3.8, 4) is 17.2 Å². The summed E-state index contributed by atoms with van der Waals surface area (Å²) in [6.45, 7) is 2.88. The first-order valence-electron chi connectivity index (χ1n) is 11.6. The minimum atomic E-state index is -0.418. The number of hydrogen-bond donors (Lipinski definition) is 2. The number of hydrazone groups is 1. The molecule has 190 valence electrons. The zero-order chi connectivity index (χ0) is 25.9. The summed E-state index contributed by atoms with van der Waals surface area (Å²) >= 11 is 6.52. The predicted molar refractivity (Wildman–Crippen MR) is 140 cm³/mol. The first-order valence-corrected chi connectivity index (χ1v) is 12.0. The second-order valence-corrected chi connectivity index (χ2v) is 8.76. The molecule has 0 amide bonds. The van der Waals surface area contributed by atoms with Crippen molar-refractivity contribution < 1.29 is 23.7 Å². The van der Waals surface area contributed by atoms with Gasteiger partial charge in [0.1, 0.15) is 23.9 Å². The predicted octanol–water partition coefficient (Wildman–Crippen LogP) is 4.41. The number of hydrogen-bond acceptors (Lipinski definition) is 7. The van der Waals surface area contributed by atoms with Crippen molar-refractivity contribution in [3.63, 3.8) is 0 Å². The molecular formula is C27H25ClN4O5. The van der Waals surface area contributed by atoms with Gasteiger partial charge in [0.2, 0.25) is 6.79 Å². The lowest BCUT2D eigenvalue weighted by molar-refractivity contribution is 0.0515. The lowest BCUT2D eigenvalue weighted by Gasteiger charge is -2.13. The summed E-state index contributed by atoms with van der Waals surface area (Å²) in [7, 11) is 0. The molecule has 0 fully saturated rings. The number of carbonyl (C=O) groups excluding carboxylic acids is 1. The van der Waals surface area contributed by atoms with Crippen LogP contribution < -0.4 is 25.8 Å². The summed E-state index contributed by atoms with van der Waals surface area (Å²) in [4.78, 5) is 12.8. The van der Waals surface area contributed by atoms with E-state index in [2.05, 4.69) is 5.10 Å². The van der Waals surface area contributed by atoms with Gasteiger partial charge in [-0.25, -0.2) is 4.79 Å². The molecule has 5 rings (SSSR count). The van der Waals surface area contributed by atoms with Gasteiger partial charge in [0.15, 0.2) is 11.5 Å². The van der Waals surface area contributed by atoms with E-state index < -0.39 is 5.97 Å². The number of amidine groups is 1. The Hall–Kier alpha value is -4.37. The van der Waals surface area contributed by atoms with Crippen LogP contribution in [0.3, 0.4) is 0 Å². The number of benzene rings is 3. The Morgan fingerprint density at radius 1 is 1.08 bits per heavy atom. The fourth-order valence-electron chi connectivity index (χ4n) is 4.15. The summed E-state index contributed by atoms with van der Waals surface area (Å²) in [5.74, 6) is 6.96. The Kier molecular flexibility index (Phi) is 6.78. The average molecular weight is 521 g/mol. The van der Waals surface area contributed by atoms with Crippen LogP contribution in [0.1, 0.15) is 34.1 Å². The highest BCUT2D eigenvalue weighted by atomic mass is 35.5. The van der Waals surface area contributed by atoms with Crippen molar-refractivity contribution in [1.29, 1.82) is 0 Å². The van der Waals surface area contributed by atoms with Gasteiger partial charge < -0.3 is 35.1 Å². The Morgan fingerprint density at radius 3 is 2.57 bits per heavy atom. The Labute approximate surface area is 218 Å². The summed E-state index contributed by atoms with van der Waals surface area (Å²) in [5, 5.41) is 4.85.